The van der Waals surface area contributed by atoms with Crippen molar-refractivity contribution in [2.45, 2.75) is 196 Å². The van der Waals surface area contributed by atoms with Gasteiger partial charge in [-0.2, -0.15) is 0 Å². The Kier molecular flexibility index (Phi) is 18.2. The van der Waals surface area contributed by atoms with Gasteiger partial charge < -0.3 is 0 Å². The lowest BCUT2D eigenvalue weighted by molar-refractivity contribution is 0.230. The van der Waals surface area contributed by atoms with E-state index in [-0.39, 0.29) is 0 Å². The maximum absolute atomic E-state index is 4.23. The van der Waals surface area contributed by atoms with Crippen LogP contribution in [0.4, 0.5) is 0 Å². The molecule has 3 rings (SSSR count). The summed E-state index contributed by atoms with van der Waals surface area (Å²) in [5.74, 6) is 3.99. The molecule has 3 aliphatic rings. The van der Waals surface area contributed by atoms with Crippen LogP contribution in [0.1, 0.15) is 186 Å². The summed E-state index contributed by atoms with van der Waals surface area (Å²) in [7, 11) is 0. The number of alkyl halides is 2. The van der Waals surface area contributed by atoms with Crippen LogP contribution in [0, 0.1) is 23.7 Å². The molecule has 0 N–H and O–H groups in total. The minimum atomic E-state index is 0.758. The third-order valence-electron chi connectivity index (χ3n) is 10.7. The molecule has 0 bridgehead atoms. The van der Waals surface area contributed by atoms with E-state index < -0.39 is 0 Å². The summed E-state index contributed by atoms with van der Waals surface area (Å²) >= 11 is 8.29. The third kappa shape index (κ3) is 14.4. The van der Waals surface area contributed by atoms with Gasteiger partial charge in [0.25, 0.3) is 0 Å². The fourth-order valence-corrected chi connectivity index (χ4v) is 9.72. The van der Waals surface area contributed by atoms with Gasteiger partial charge in [-0.15, -0.1) is 0 Å². The fourth-order valence-electron chi connectivity index (χ4n) is 8.32. The van der Waals surface area contributed by atoms with Crippen molar-refractivity contribution in [1.29, 1.82) is 0 Å². The molecular formula is C35H64Br2. The Hall–Kier alpha value is 0.960. The van der Waals surface area contributed by atoms with Crippen molar-refractivity contribution in [3.63, 3.8) is 0 Å². The van der Waals surface area contributed by atoms with Gasteiger partial charge in [0.1, 0.15) is 0 Å². The van der Waals surface area contributed by atoms with Crippen LogP contribution in [0.5, 0.6) is 0 Å². The number of rotatable bonds is 2. The summed E-state index contributed by atoms with van der Waals surface area (Å²) in [4.78, 5) is 1.53. The highest BCUT2D eigenvalue weighted by Gasteiger charge is 2.27. The van der Waals surface area contributed by atoms with Crippen molar-refractivity contribution in [3.8, 4) is 0 Å². The molecule has 0 heterocycles. The van der Waals surface area contributed by atoms with Gasteiger partial charge in [-0.05, 0) is 55.8 Å². The first-order valence-corrected chi connectivity index (χ1v) is 19.3. The van der Waals surface area contributed by atoms with Crippen LogP contribution in [-0.4, -0.2) is 9.65 Å². The summed E-state index contributed by atoms with van der Waals surface area (Å²) in [5, 5.41) is 0. The normalized spacial score (nSPS) is 35.0. The van der Waals surface area contributed by atoms with Crippen molar-refractivity contribution in [3.05, 3.63) is 0 Å². The Morgan fingerprint density at radius 1 is 0.243 bits per heavy atom. The van der Waals surface area contributed by atoms with Gasteiger partial charge in [-0.25, -0.2) is 0 Å². The Morgan fingerprint density at radius 3 is 1.08 bits per heavy atom. The molecule has 0 aromatic heterocycles. The number of halogens is 2. The van der Waals surface area contributed by atoms with Gasteiger partial charge in [0.15, 0.2) is 0 Å². The van der Waals surface area contributed by atoms with E-state index in [9.17, 15) is 0 Å². The van der Waals surface area contributed by atoms with Crippen LogP contribution >= 0.6 is 31.9 Å². The lowest BCUT2D eigenvalue weighted by Gasteiger charge is -2.30. The first-order valence-electron chi connectivity index (χ1n) is 17.5. The molecule has 0 aromatic rings. The van der Waals surface area contributed by atoms with Crippen LogP contribution in [0.15, 0.2) is 0 Å². The van der Waals surface area contributed by atoms with Crippen molar-refractivity contribution < 1.29 is 0 Å². The molecule has 0 aliphatic heterocycles. The average Bonchev–Trinajstić information content (AvgIpc) is 2.91. The zero-order chi connectivity index (χ0) is 26.0. The van der Waals surface area contributed by atoms with Gasteiger partial charge in [0.05, 0.1) is 0 Å². The lowest BCUT2D eigenvalue weighted by atomic mass is 9.77. The van der Waals surface area contributed by atoms with E-state index in [1.165, 1.54) is 167 Å². The molecule has 37 heavy (non-hydrogen) atoms. The highest BCUT2D eigenvalue weighted by atomic mass is 79.9. The first-order chi connectivity index (χ1) is 18.2. The van der Waals surface area contributed by atoms with Crippen molar-refractivity contribution in [2.24, 2.45) is 23.7 Å². The van der Waals surface area contributed by atoms with E-state index in [1.54, 1.807) is 19.3 Å². The molecule has 3 saturated carbocycles. The maximum atomic E-state index is 4.23. The largest absolute Gasteiger partial charge is 0.0891 e. The molecule has 0 aromatic carbocycles. The van der Waals surface area contributed by atoms with Crippen LogP contribution in [0.3, 0.4) is 0 Å². The molecular weight excluding hydrogens is 580 g/mol. The summed E-state index contributed by atoms with van der Waals surface area (Å²) in [6.45, 7) is 0. The van der Waals surface area contributed by atoms with E-state index in [1.807, 2.05) is 0 Å². The van der Waals surface area contributed by atoms with Crippen LogP contribution < -0.4 is 0 Å². The number of hydrogen-bond acceptors (Lipinski definition) is 0. The van der Waals surface area contributed by atoms with Crippen LogP contribution in [0.25, 0.3) is 0 Å². The molecule has 0 saturated heterocycles. The second kappa shape index (κ2) is 20.8. The monoisotopic (exact) mass is 642 g/mol. The Morgan fingerprint density at radius 2 is 0.568 bits per heavy atom. The summed E-state index contributed by atoms with van der Waals surface area (Å²) in [6.07, 6.45) is 43.2. The SMILES string of the molecule is BrC1CCCCCCCCC(C2CCCCC(C3CCCCCCCCCCC3)CCCC(Br)C2)CC1. The predicted octanol–water partition coefficient (Wildman–Crippen LogP) is 13.3. The van der Waals surface area contributed by atoms with Gasteiger partial charge >= 0.3 is 0 Å². The van der Waals surface area contributed by atoms with Crippen molar-refractivity contribution in [2.75, 3.05) is 0 Å². The quantitative estimate of drug-likeness (QED) is 0.263. The molecule has 0 amide bonds. The molecule has 218 valence electrons. The molecule has 0 spiro atoms. The molecule has 5 atom stereocenters. The molecule has 3 aliphatic carbocycles. The summed E-state index contributed by atoms with van der Waals surface area (Å²) < 4.78 is 0. The predicted molar refractivity (Wildman–Crippen MR) is 173 cm³/mol. The highest BCUT2D eigenvalue weighted by Crippen LogP contribution is 2.39. The minimum absolute atomic E-state index is 0.758. The maximum Gasteiger partial charge on any atom is 0.0148 e. The van der Waals surface area contributed by atoms with Gasteiger partial charge in [-0.3, -0.25) is 0 Å². The van der Waals surface area contributed by atoms with Crippen LogP contribution in [-0.2, 0) is 0 Å². The smallest absolute Gasteiger partial charge is 0.0148 e. The van der Waals surface area contributed by atoms with Gasteiger partial charge in [0, 0.05) is 9.65 Å². The second-order valence-electron chi connectivity index (χ2n) is 13.7. The Bertz CT molecular complexity index is 521. The minimum Gasteiger partial charge on any atom is -0.0891 e. The van der Waals surface area contributed by atoms with Gasteiger partial charge in [-0.1, -0.05) is 186 Å². The van der Waals surface area contributed by atoms with E-state index in [2.05, 4.69) is 31.9 Å². The zero-order valence-corrected chi connectivity index (χ0v) is 27.9. The number of hydrogen-bond donors (Lipinski definition) is 0. The third-order valence-corrected chi connectivity index (χ3v) is 12.5. The topological polar surface area (TPSA) is 0 Å². The van der Waals surface area contributed by atoms with Crippen molar-refractivity contribution >= 4 is 31.9 Å². The zero-order valence-electron chi connectivity index (χ0n) is 24.7. The summed E-state index contributed by atoms with van der Waals surface area (Å²) in [6, 6.07) is 0. The van der Waals surface area contributed by atoms with E-state index in [0.29, 0.717) is 0 Å². The van der Waals surface area contributed by atoms with Gasteiger partial charge in [0.2, 0.25) is 0 Å². The van der Waals surface area contributed by atoms with E-state index in [4.69, 9.17) is 0 Å². The molecule has 0 nitrogen and oxygen atoms in total. The molecule has 2 heteroatoms. The summed E-state index contributed by atoms with van der Waals surface area (Å²) in [5.41, 5.74) is 0. The average molecular weight is 645 g/mol. The molecule has 3 fully saturated rings. The van der Waals surface area contributed by atoms with E-state index in [0.717, 1.165) is 33.3 Å². The Labute approximate surface area is 250 Å². The standard InChI is InChI=1S/C35H64Br2/c36-34-25-15-11-7-6-10-14-21-32(27-28-34)33-23-17-16-22-31(24-18-26-35(37)29-33)30-19-12-8-4-2-1-3-5-9-13-20-30/h30-35H,1-29H2. The highest BCUT2D eigenvalue weighted by molar-refractivity contribution is 9.09. The lowest BCUT2D eigenvalue weighted by Crippen LogP contribution is -2.20. The van der Waals surface area contributed by atoms with Crippen LogP contribution in [0.2, 0.25) is 0 Å². The van der Waals surface area contributed by atoms with E-state index >= 15 is 0 Å². The second-order valence-corrected chi connectivity index (χ2v) is 16.3. The van der Waals surface area contributed by atoms with Crippen molar-refractivity contribution in [1.82, 2.24) is 0 Å². The molecule has 0 radical (unpaired) electrons. The first kappa shape index (κ1) is 32.5. The Balaban J connectivity index is 1.55. The fraction of sp³-hybridized carbons (Fsp3) is 1.00. The molecule has 5 unspecified atom stereocenters.